The van der Waals surface area contributed by atoms with Gasteiger partial charge in [-0.05, 0) is 82.3 Å². The van der Waals surface area contributed by atoms with Crippen LogP contribution >= 0.6 is 15.8 Å². The molecule has 278 valence electrons. The largest absolute Gasteiger partial charge is 0.365 e. The first-order valence-corrected chi connectivity index (χ1v) is 21.8. The van der Waals surface area contributed by atoms with Crippen molar-refractivity contribution in [2.24, 2.45) is 9.98 Å². The monoisotopic (exact) mass is 766 g/mol. The molecule has 7 aromatic carbocycles. The first-order chi connectivity index (χ1) is 27.5. The molecule has 0 saturated heterocycles. The van der Waals surface area contributed by atoms with Gasteiger partial charge in [-0.3, -0.25) is 0 Å². The van der Waals surface area contributed by atoms with Crippen LogP contribution in [-0.4, -0.2) is 11.2 Å². The van der Waals surface area contributed by atoms with E-state index < -0.39 is 15.8 Å². The summed E-state index contributed by atoms with van der Waals surface area (Å²) in [7, 11) is -1.95. The van der Waals surface area contributed by atoms with Crippen LogP contribution in [0.5, 0.6) is 0 Å². The lowest BCUT2D eigenvalue weighted by Crippen LogP contribution is -2.31. The summed E-state index contributed by atoms with van der Waals surface area (Å²) in [4.78, 5) is 11.0. The van der Waals surface area contributed by atoms with E-state index >= 15 is 0 Å². The summed E-state index contributed by atoms with van der Waals surface area (Å²) in [5.74, 6) is 0. The second-order valence-corrected chi connectivity index (χ2v) is 18.1. The van der Waals surface area contributed by atoms with E-state index in [-0.39, 0.29) is 0 Å². The van der Waals surface area contributed by atoms with E-state index in [2.05, 4.69) is 220 Å². The fourth-order valence-electron chi connectivity index (χ4n) is 6.86. The Hall–Kier alpha value is -5.66. The van der Waals surface area contributed by atoms with Crippen LogP contribution in [0, 0.1) is 27.7 Å². The number of nitrogens with one attached hydrogen (secondary N) is 2. The molecule has 0 bridgehead atoms. The number of aryl methyl sites for hydroxylation is 4. The van der Waals surface area contributed by atoms with Gasteiger partial charge in [-0.2, -0.15) is 0 Å². The van der Waals surface area contributed by atoms with Crippen LogP contribution in [-0.2, 0) is 13.1 Å². The Morgan fingerprint density at radius 2 is 0.625 bits per heavy atom. The Labute approximate surface area is 335 Å². The zero-order valence-electron chi connectivity index (χ0n) is 32.5. The van der Waals surface area contributed by atoms with Crippen molar-refractivity contribution in [1.29, 1.82) is 0 Å². The minimum absolute atomic E-state index is 0.621. The first-order valence-electron chi connectivity index (χ1n) is 19.1. The van der Waals surface area contributed by atoms with E-state index in [4.69, 9.17) is 9.98 Å². The van der Waals surface area contributed by atoms with Gasteiger partial charge in [0.2, 0.25) is 0 Å². The highest BCUT2D eigenvalue weighted by atomic mass is 31.1. The third-order valence-corrected chi connectivity index (χ3v) is 14.4. The van der Waals surface area contributed by atoms with Crippen LogP contribution in [0.1, 0.15) is 33.4 Å². The topological polar surface area (TPSA) is 48.8 Å². The summed E-state index contributed by atoms with van der Waals surface area (Å²) in [6.07, 6.45) is 0. The quantitative estimate of drug-likeness (QED) is 0.0739. The number of para-hydroxylation sites is 2. The van der Waals surface area contributed by atoms with Crippen molar-refractivity contribution in [3.8, 4) is 0 Å². The first kappa shape index (κ1) is 38.6. The lowest BCUT2D eigenvalue weighted by molar-refractivity contribution is 0.859. The maximum Gasteiger partial charge on any atom is 0.134 e. The van der Waals surface area contributed by atoms with Crippen molar-refractivity contribution in [2.75, 3.05) is 0 Å². The zero-order valence-corrected chi connectivity index (χ0v) is 34.3. The number of nitrogens with zero attached hydrogens (tertiary/aromatic N) is 2. The molecule has 56 heavy (non-hydrogen) atoms. The average Bonchev–Trinajstić information content (AvgIpc) is 3.23. The molecule has 0 fully saturated rings. The molecule has 6 heteroatoms. The normalized spacial score (nSPS) is 11.9. The molecule has 0 radical (unpaired) electrons. The Morgan fingerprint density at radius 3 is 0.911 bits per heavy atom. The molecular formula is C50H48N4P2. The molecule has 0 saturated carbocycles. The Kier molecular flexibility index (Phi) is 13.0. The number of hydrogen-bond donors (Lipinski definition) is 2. The molecule has 0 aromatic heterocycles. The van der Waals surface area contributed by atoms with Crippen LogP contribution in [0.3, 0.4) is 0 Å². The van der Waals surface area contributed by atoms with Gasteiger partial charge in [0.15, 0.2) is 0 Å². The summed E-state index contributed by atoms with van der Waals surface area (Å²) in [5, 5.41) is 12.8. The summed E-state index contributed by atoms with van der Waals surface area (Å²) < 4.78 is 0. The maximum atomic E-state index is 5.49. The van der Waals surface area contributed by atoms with Crippen LogP contribution in [0.2, 0.25) is 0 Å². The van der Waals surface area contributed by atoms with Crippen LogP contribution in [0.15, 0.2) is 192 Å². The second kappa shape index (κ2) is 18.8. The van der Waals surface area contributed by atoms with Gasteiger partial charge in [-0.15, -0.1) is 0 Å². The maximum absolute atomic E-state index is 5.49. The average molecular weight is 767 g/mol. The molecular weight excluding hydrogens is 719 g/mol. The van der Waals surface area contributed by atoms with Crippen LogP contribution in [0.25, 0.3) is 0 Å². The predicted octanol–water partition coefficient (Wildman–Crippen LogP) is 10.7. The van der Waals surface area contributed by atoms with Gasteiger partial charge in [0.25, 0.3) is 0 Å². The fourth-order valence-corrected chi connectivity index (χ4v) is 11.2. The van der Waals surface area contributed by atoms with Crippen molar-refractivity contribution >= 4 is 59.6 Å². The molecule has 7 rings (SSSR count). The molecule has 7 aromatic rings. The van der Waals surface area contributed by atoms with Crippen LogP contribution in [0.4, 0.5) is 11.4 Å². The minimum Gasteiger partial charge on any atom is -0.365 e. The molecule has 0 amide bonds. The molecule has 0 heterocycles. The second-order valence-electron chi connectivity index (χ2n) is 13.8. The Bertz CT molecular complexity index is 2120. The number of benzene rings is 7. The van der Waals surface area contributed by atoms with E-state index in [0.29, 0.717) is 13.1 Å². The summed E-state index contributed by atoms with van der Waals surface area (Å²) in [5.41, 5.74) is 11.1. The number of hydrogen-bond acceptors (Lipinski definition) is 2. The van der Waals surface area contributed by atoms with Gasteiger partial charge in [-0.25, -0.2) is 9.98 Å². The zero-order chi connectivity index (χ0) is 38.7. The SMILES string of the molecule is Cc1cccc(C)c1/N=C(/NCc1ccccc1CN/C(=N/c1c(C)cccc1C)P(c1ccccc1)c1ccccc1)P(c1ccccc1)c1ccccc1. The highest BCUT2D eigenvalue weighted by Gasteiger charge is 2.24. The van der Waals surface area contributed by atoms with Gasteiger partial charge in [0, 0.05) is 28.9 Å². The molecule has 0 aliphatic carbocycles. The molecule has 0 aliphatic rings. The van der Waals surface area contributed by atoms with E-state index in [0.717, 1.165) is 44.8 Å². The van der Waals surface area contributed by atoms with Gasteiger partial charge >= 0.3 is 0 Å². The number of rotatable bonds is 12. The Morgan fingerprint density at radius 1 is 0.357 bits per heavy atom. The van der Waals surface area contributed by atoms with Crippen molar-refractivity contribution in [1.82, 2.24) is 10.6 Å². The lowest BCUT2D eigenvalue weighted by Gasteiger charge is -2.24. The third kappa shape index (κ3) is 9.40. The van der Waals surface area contributed by atoms with Crippen molar-refractivity contribution in [3.05, 3.63) is 215 Å². The standard InChI is InChI=1S/C50H48N4P2/c1-37-21-19-22-38(2)47(37)53-49(55(43-27-9-5-10-28-43)44-29-11-6-12-30-44)51-35-41-25-17-18-26-42(41)36-52-50(54-48-39(3)23-20-24-40(48)4)56(45-31-13-7-14-32-45)46-33-15-8-16-34-46/h5-34H,35-36H2,1-4H3,(H,51,53)(H,52,54). The molecule has 0 spiro atoms. The minimum atomic E-state index is -0.975. The summed E-state index contributed by atoms with van der Waals surface area (Å²) >= 11 is 0. The fraction of sp³-hybridized carbons (Fsp3) is 0.120. The van der Waals surface area contributed by atoms with Crippen molar-refractivity contribution in [2.45, 2.75) is 40.8 Å². The third-order valence-electron chi connectivity index (χ3n) is 9.79. The smallest absolute Gasteiger partial charge is 0.134 e. The lowest BCUT2D eigenvalue weighted by atomic mass is 10.1. The van der Waals surface area contributed by atoms with Gasteiger partial charge in [0.1, 0.15) is 11.2 Å². The molecule has 0 atom stereocenters. The van der Waals surface area contributed by atoms with Gasteiger partial charge in [-0.1, -0.05) is 182 Å². The molecule has 0 aliphatic heterocycles. The van der Waals surface area contributed by atoms with Crippen molar-refractivity contribution in [3.63, 3.8) is 0 Å². The van der Waals surface area contributed by atoms with E-state index in [1.165, 1.54) is 32.3 Å². The van der Waals surface area contributed by atoms with E-state index in [1.807, 2.05) is 0 Å². The molecule has 2 N–H and O–H groups in total. The van der Waals surface area contributed by atoms with Crippen LogP contribution < -0.4 is 31.9 Å². The van der Waals surface area contributed by atoms with E-state index in [9.17, 15) is 0 Å². The summed E-state index contributed by atoms with van der Waals surface area (Å²) in [6, 6.07) is 64.7. The van der Waals surface area contributed by atoms with Gasteiger partial charge < -0.3 is 10.6 Å². The van der Waals surface area contributed by atoms with Crippen molar-refractivity contribution < 1.29 is 0 Å². The van der Waals surface area contributed by atoms with Gasteiger partial charge in [0.05, 0.1) is 11.4 Å². The molecule has 0 unspecified atom stereocenters. The number of amidine groups is 2. The summed E-state index contributed by atoms with van der Waals surface area (Å²) in [6.45, 7) is 9.83. The number of aliphatic imine (C=N–C) groups is 2. The molecule has 4 nitrogen and oxygen atoms in total. The van der Waals surface area contributed by atoms with E-state index in [1.54, 1.807) is 0 Å². The highest BCUT2D eigenvalue weighted by molar-refractivity contribution is 7.88. The highest BCUT2D eigenvalue weighted by Crippen LogP contribution is 2.39. The Balaban J connectivity index is 1.26. The predicted molar refractivity (Wildman–Crippen MR) is 244 cm³/mol.